The van der Waals surface area contributed by atoms with Crippen LogP contribution in [0.2, 0.25) is 0 Å². The van der Waals surface area contributed by atoms with Crippen LogP contribution in [0.3, 0.4) is 0 Å². The normalized spacial score (nSPS) is 48.1. The molecule has 0 radical (unpaired) electrons. The molecule has 5 fully saturated rings. The first kappa shape index (κ1) is 25.5. The number of aliphatic hydroxyl groups is 2. The SMILES string of the molecule is C[C@H](CCC(=O)N1CCC[C@H]1C(=O)O)[C@H]1CC[C@H]2[C@@H]3[C@@H](O)C[C@@H]4C[C@H](O)CC[C@]4(C)[C@H]3CC[C@]12C. The molecule has 35 heavy (non-hydrogen) atoms. The quantitative estimate of drug-likeness (QED) is 0.529. The van der Waals surface area contributed by atoms with Crippen LogP contribution in [0.1, 0.15) is 97.8 Å². The van der Waals surface area contributed by atoms with Gasteiger partial charge >= 0.3 is 5.97 Å². The number of hydrogen-bond acceptors (Lipinski definition) is 4. The predicted octanol–water partition coefficient (Wildman–Crippen LogP) is 4.47. The molecule has 11 atom stereocenters. The van der Waals surface area contributed by atoms with Crippen molar-refractivity contribution in [2.75, 3.05) is 6.54 Å². The highest BCUT2D eigenvalue weighted by molar-refractivity contribution is 5.84. The van der Waals surface area contributed by atoms with Crippen LogP contribution < -0.4 is 0 Å². The Morgan fingerprint density at radius 2 is 1.69 bits per heavy atom. The molecular weight excluding hydrogens is 442 g/mol. The van der Waals surface area contributed by atoms with Gasteiger partial charge in [-0.05, 0) is 117 Å². The molecule has 1 saturated heterocycles. The fraction of sp³-hybridized carbons (Fsp3) is 0.931. The first-order valence-electron chi connectivity index (χ1n) is 14.4. The third-order valence-corrected chi connectivity index (χ3v) is 12.1. The third kappa shape index (κ3) is 4.15. The van der Waals surface area contributed by atoms with Crippen LogP contribution >= 0.6 is 0 Å². The number of hydrogen-bond donors (Lipinski definition) is 3. The average molecular weight is 490 g/mol. The number of carbonyl (C=O) groups excluding carboxylic acids is 1. The maximum absolute atomic E-state index is 12.9. The highest BCUT2D eigenvalue weighted by atomic mass is 16.4. The maximum Gasteiger partial charge on any atom is 0.326 e. The van der Waals surface area contributed by atoms with Crippen molar-refractivity contribution in [3.63, 3.8) is 0 Å². The number of rotatable bonds is 5. The number of carboxylic acid groups (broad SMARTS) is 1. The molecule has 1 heterocycles. The summed E-state index contributed by atoms with van der Waals surface area (Å²) in [6, 6.07) is -0.639. The highest BCUT2D eigenvalue weighted by Gasteiger charge is 2.62. The van der Waals surface area contributed by atoms with E-state index in [2.05, 4.69) is 20.8 Å². The van der Waals surface area contributed by atoms with Gasteiger partial charge in [0.15, 0.2) is 0 Å². The van der Waals surface area contributed by atoms with E-state index >= 15 is 0 Å². The van der Waals surface area contributed by atoms with Crippen LogP contribution in [-0.4, -0.2) is 56.9 Å². The lowest BCUT2D eigenvalue weighted by Gasteiger charge is -2.62. The monoisotopic (exact) mass is 489 g/mol. The Balaban J connectivity index is 1.26. The van der Waals surface area contributed by atoms with Crippen LogP contribution in [0.15, 0.2) is 0 Å². The number of nitrogens with zero attached hydrogens (tertiary/aromatic N) is 1. The topological polar surface area (TPSA) is 98.1 Å². The van der Waals surface area contributed by atoms with E-state index in [-0.39, 0.29) is 28.9 Å². The van der Waals surface area contributed by atoms with Gasteiger partial charge in [0, 0.05) is 13.0 Å². The molecule has 6 nitrogen and oxygen atoms in total. The van der Waals surface area contributed by atoms with E-state index in [9.17, 15) is 24.9 Å². The Hall–Kier alpha value is -1.14. The van der Waals surface area contributed by atoms with E-state index in [1.807, 2.05) is 0 Å². The Labute approximate surface area is 210 Å². The molecule has 1 amide bonds. The Morgan fingerprint density at radius 3 is 2.43 bits per heavy atom. The molecule has 6 heteroatoms. The number of amides is 1. The lowest BCUT2D eigenvalue weighted by molar-refractivity contribution is -0.174. The standard InChI is InChI=1S/C29H47NO5/c1-17(6-9-25(33)30-14-4-5-23(30)27(34)35)20-7-8-21-26-22(11-13-29(20,21)3)28(2)12-10-19(31)15-18(28)16-24(26)32/h17-24,26,31-32H,4-16H2,1-3H3,(H,34,35)/t17-,18+,19-,20-,21+,22+,23+,24+,26+,28+,29-/m1/s1. The first-order valence-corrected chi connectivity index (χ1v) is 14.4. The minimum atomic E-state index is -0.874. The fourth-order valence-electron chi connectivity index (χ4n) is 10.2. The molecule has 3 N–H and O–H groups in total. The van der Waals surface area contributed by atoms with Gasteiger partial charge in [-0.15, -0.1) is 0 Å². The van der Waals surface area contributed by atoms with Gasteiger partial charge in [0.25, 0.3) is 0 Å². The Kier molecular flexibility index (Phi) is 6.78. The molecule has 4 saturated carbocycles. The first-order chi connectivity index (χ1) is 16.6. The number of fused-ring (bicyclic) bond motifs is 5. The number of carboxylic acids is 1. The summed E-state index contributed by atoms with van der Waals surface area (Å²) < 4.78 is 0. The van der Waals surface area contributed by atoms with Crippen molar-refractivity contribution in [1.29, 1.82) is 0 Å². The predicted molar refractivity (Wildman–Crippen MR) is 133 cm³/mol. The molecule has 5 aliphatic rings. The summed E-state index contributed by atoms with van der Waals surface area (Å²) >= 11 is 0. The van der Waals surface area contributed by atoms with Crippen molar-refractivity contribution in [3.8, 4) is 0 Å². The van der Waals surface area contributed by atoms with Crippen molar-refractivity contribution in [2.45, 2.75) is 116 Å². The summed E-state index contributed by atoms with van der Waals surface area (Å²) in [7, 11) is 0. The van der Waals surface area contributed by atoms with Gasteiger partial charge in [0.1, 0.15) is 6.04 Å². The molecule has 0 unspecified atom stereocenters. The van der Waals surface area contributed by atoms with Crippen molar-refractivity contribution in [3.05, 3.63) is 0 Å². The van der Waals surface area contributed by atoms with Crippen LogP contribution in [0, 0.1) is 46.3 Å². The number of aliphatic carboxylic acids is 1. The molecule has 4 aliphatic carbocycles. The average Bonchev–Trinajstić information content (AvgIpc) is 3.43. The van der Waals surface area contributed by atoms with Gasteiger partial charge in [-0.25, -0.2) is 4.79 Å². The van der Waals surface area contributed by atoms with E-state index in [0.29, 0.717) is 54.9 Å². The van der Waals surface area contributed by atoms with Crippen LogP contribution in [0.25, 0.3) is 0 Å². The second-order valence-corrected chi connectivity index (χ2v) is 13.6. The maximum atomic E-state index is 12.9. The largest absolute Gasteiger partial charge is 0.480 e. The second-order valence-electron chi connectivity index (χ2n) is 13.6. The Morgan fingerprint density at radius 1 is 0.971 bits per heavy atom. The number of carbonyl (C=O) groups is 2. The zero-order valence-electron chi connectivity index (χ0n) is 22.0. The number of likely N-dealkylation sites (tertiary alicyclic amines) is 1. The minimum Gasteiger partial charge on any atom is -0.480 e. The zero-order chi connectivity index (χ0) is 25.1. The van der Waals surface area contributed by atoms with Crippen molar-refractivity contribution in [2.24, 2.45) is 46.3 Å². The van der Waals surface area contributed by atoms with E-state index < -0.39 is 12.0 Å². The van der Waals surface area contributed by atoms with E-state index in [1.54, 1.807) is 4.90 Å². The molecule has 1 aliphatic heterocycles. The van der Waals surface area contributed by atoms with E-state index in [0.717, 1.165) is 38.5 Å². The van der Waals surface area contributed by atoms with Gasteiger partial charge in [-0.2, -0.15) is 0 Å². The summed E-state index contributed by atoms with van der Waals surface area (Å²) in [6.45, 7) is 7.80. The van der Waals surface area contributed by atoms with E-state index in [1.165, 1.54) is 25.7 Å². The van der Waals surface area contributed by atoms with Crippen LogP contribution in [0.4, 0.5) is 0 Å². The molecule has 5 rings (SSSR count). The third-order valence-electron chi connectivity index (χ3n) is 12.1. The molecule has 0 aromatic heterocycles. The molecular formula is C29H47NO5. The molecule has 0 spiro atoms. The van der Waals surface area contributed by atoms with Crippen LogP contribution in [0.5, 0.6) is 0 Å². The van der Waals surface area contributed by atoms with Crippen LogP contribution in [-0.2, 0) is 9.59 Å². The lowest BCUT2D eigenvalue weighted by Crippen LogP contribution is -2.58. The van der Waals surface area contributed by atoms with Crippen molar-refractivity contribution in [1.82, 2.24) is 4.90 Å². The van der Waals surface area contributed by atoms with E-state index in [4.69, 9.17) is 0 Å². The van der Waals surface area contributed by atoms with Gasteiger partial charge in [-0.1, -0.05) is 20.8 Å². The summed E-state index contributed by atoms with van der Waals surface area (Å²) in [5.74, 6) is 2.01. The summed E-state index contributed by atoms with van der Waals surface area (Å²) in [6.07, 6.45) is 10.6. The zero-order valence-corrected chi connectivity index (χ0v) is 22.0. The highest BCUT2D eigenvalue weighted by Crippen LogP contribution is 2.68. The second kappa shape index (κ2) is 9.31. The lowest BCUT2D eigenvalue weighted by atomic mass is 9.43. The van der Waals surface area contributed by atoms with Crippen molar-refractivity contribution >= 4 is 11.9 Å². The smallest absolute Gasteiger partial charge is 0.326 e. The molecule has 0 aromatic carbocycles. The molecule has 0 aromatic rings. The molecule has 0 bridgehead atoms. The van der Waals surface area contributed by atoms with Gasteiger partial charge in [0.05, 0.1) is 12.2 Å². The number of aliphatic hydroxyl groups excluding tert-OH is 2. The van der Waals surface area contributed by atoms with Gasteiger partial charge in [-0.3, -0.25) is 4.79 Å². The van der Waals surface area contributed by atoms with Gasteiger partial charge < -0.3 is 20.2 Å². The summed E-state index contributed by atoms with van der Waals surface area (Å²) in [5, 5.41) is 31.2. The summed E-state index contributed by atoms with van der Waals surface area (Å²) in [4.78, 5) is 26.0. The molecule has 198 valence electrons. The minimum absolute atomic E-state index is 0.00585. The fourth-order valence-corrected chi connectivity index (χ4v) is 10.2. The Bertz CT molecular complexity index is 832. The van der Waals surface area contributed by atoms with Gasteiger partial charge in [0.2, 0.25) is 5.91 Å². The van der Waals surface area contributed by atoms with Crippen molar-refractivity contribution < 1.29 is 24.9 Å². The summed E-state index contributed by atoms with van der Waals surface area (Å²) in [5.41, 5.74) is 0.455.